The van der Waals surface area contributed by atoms with Gasteiger partial charge in [-0.1, -0.05) is 0 Å². The first kappa shape index (κ1) is 26.3. The summed E-state index contributed by atoms with van der Waals surface area (Å²) >= 11 is 3.52. The molecule has 0 radical (unpaired) electrons. The standard InChI is InChI=1S/C19H33BrN4O2.HI/c1-13(2)24(14(3)4)9-8-22-19(21-5)23-12-15-10-16(20)18(26-7)17(11-15)25-6;/h10-11,13-14H,8-9,12H2,1-7H3,(H2,21,22,23);1H. The Morgan fingerprint density at radius 2 is 1.74 bits per heavy atom. The van der Waals surface area contributed by atoms with Crippen LogP contribution in [0.2, 0.25) is 0 Å². The van der Waals surface area contributed by atoms with Crippen molar-refractivity contribution >= 4 is 45.9 Å². The normalized spacial score (nSPS) is 11.6. The Morgan fingerprint density at radius 1 is 1.11 bits per heavy atom. The van der Waals surface area contributed by atoms with E-state index in [1.165, 1.54) is 0 Å². The molecule has 0 fully saturated rings. The van der Waals surface area contributed by atoms with Gasteiger partial charge in [-0.05, 0) is 61.3 Å². The van der Waals surface area contributed by atoms with Crippen LogP contribution in [-0.2, 0) is 6.54 Å². The molecule has 2 N–H and O–H groups in total. The molecule has 0 bridgehead atoms. The van der Waals surface area contributed by atoms with Crippen LogP contribution in [0.5, 0.6) is 11.5 Å². The van der Waals surface area contributed by atoms with Gasteiger partial charge in [0.25, 0.3) is 0 Å². The average molecular weight is 557 g/mol. The van der Waals surface area contributed by atoms with Crippen LogP contribution in [0.3, 0.4) is 0 Å². The van der Waals surface area contributed by atoms with Crippen molar-refractivity contribution in [2.75, 3.05) is 34.4 Å². The summed E-state index contributed by atoms with van der Waals surface area (Å²) < 4.78 is 11.6. The van der Waals surface area contributed by atoms with E-state index in [0.717, 1.165) is 29.1 Å². The second kappa shape index (κ2) is 13.4. The third kappa shape index (κ3) is 8.43. The SMILES string of the molecule is CN=C(NCCN(C(C)C)C(C)C)NCc1cc(Br)c(OC)c(OC)c1.I. The fraction of sp³-hybridized carbons (Fsp3) is 0.632. The van der Waals surface area contributed by atoms with Gasteiger partial charge in [0.1, 0.15) is 0 Å². The van der Waals surface area contributed by atoms with E-state index >= 15 is 0 Å². The zero-order valence-corrected chi connectivity index (χ0v) is 21.3. The molecule has 0 amide bonds. The molecular weight excluding hydrogens is 523 g/mol. The van der Waals surface area contributed by atoms with Crippen molar-refractivity contribution in [3.63, 3.8) is 0 Å². The molecule has 6 nitrogen and oxygen atoms in total. The quantitative estimate of drug-likeness (QED) is 0.275. The predicted molar refractivity (Wildman–Crippen MR) is 128 cm³/mol. The molecule has 1 aromatic rings. The Balaban J connectivity index is 0.00000676. The molecule has 8 heteroatoms. The van der Waals surface area contributed by atoms with E-state index in [4.69, 9.17) is 9.47 Å². The van der Waals surface area contributed by atoms with Gasteiger partial charge in [0, 0.05) is 38.8 Å². The largest absolute Gasteiger partial charge is 0.493 e. The molecule has 0 saturated heterocycles. The molecule has 0 atom stereocenters. The average Bonchev–Trinajstić information content (AvgIpc) is 2.59. The van der Waals surface area contributed by atoms with Gasteiger partial charge >= 0.3 is 0 Å². The number of ether oxygens (including phenoxy) is 2. The number of aliphatic imine (C=N–C) groups is 1. The lowest BCUT2D eigenvalue weighted by atomic mass is 10.2. The van der Waals surface area contributed by atoms with E-state index in [2.05, 4.69) is 64.2 Å². The number of rotatable bonds is 9. The summed E-state index contributed by atoms with van der Waals surface area (Å²) in [5.41, 5.74) is 1.07. The van der Waals surface area contributed by atoms with Crippen molar-refractivity contribution in [3.8, 4) is 11.5 Å². The molecule has 156 valence electrons. The molecular formula is C19H34BrIN4O2. The van der Waals surface area contributed by atoms with Crippen molar-refractivity contribution in [1.29, 1.82) is 0 Å². The number of nitrogens with zero attached hydrogens (tertiary/aromatic N) is 2. The van der Waals surface area contributed by atoms with Crippen LogP contribution in [-0.4, -0.2) is 57.3 Å². The van der Waals surface area contributed by atoms with E-state index < -0.39 is 0 Å². The topological polar surface area (TPSA) is 58.1 Å². The molecule has 1 rings (SSSR count). The molecule has 0 aromatic heterocycles. The Morgan fingerprint density at radius 3 is 2.22 bits per heavy atom. The van der Waals surface area contributed by atoms with Crippen LogP contribution in [0.15, 0.2) is 21.6 Å². The highest BCUT2D eigenvalue weighted by atomic mass is 127. The van der Waals surface area contributed by atoms with Crippen molar-refractivity contribution < 1.29 is 9.47 Å². The number of halogens is 2. The maximum atomic E-state index is 5.39. The van der Waals surface area contributed by atoms with Gasteiger partial charge in [-0.2, -0.15) is 0 Å². The third-order valence-electron chi connectivity index (χ3n) is 4.17. The molecule has 0 saturated carbocycles. The Bertz CT molecular complexity index is 589. The molecule has 1 aromatic carbocycles. The summed E-state index contributed by atoms with van der Waals surface area (Å²) in [5.74, 6) is 2.18. The number of hydrogen-bond acceptors (Lipinski definition) is 4. The predicted octanol–water partition coefficient (Wildman–Crippen LogP) is 3.87. The van der Waals surface area contributed by atoms with Gasteiger partial charge in [0.2, 0.25) is 0 Å². The second-order valence-electron chi connectivity index (χ2n) is 6.59. The number of nitrogens with one attached hydrogen (secondary N) is 2. The first-order valence-electron chi connectivity index (χ1n) is 8.94. The number of guanidine groups is 1. The number of hydrogen-bond donors (Lipinski definition) is 2. The van der Waals surface area contributed by atoms with Crippen LogP contribution in [0.1, 0.15) is 33.3 Å². The lowest BCUT2D eigenvalue weighted by molar-refractivity contribution is 0.178. The minimum Gasteiger partial charge on any atom is -0.493 e. The van der Waals surface area contributed by atoms with Gasteiger partial charge in [-0.15, -0.1) is 24.0 Å². The molecule has 27 heavy (non-hydrogen) atoms. The van der Waals surface area contributed by atoms with Crippen molar-refractivity contribution in [3.05, 3.63) is 22.2 Å². The summed E-state index contributed by atoms with van der Waals surface area (Å²) in [6.45, 7) is 11.3. The molecule has 0 unspecified atom stereocenters. The van der Waals surface area contributed by atoms with Gasteiger partial charge in [0.15, 0.2) is 17.5 Å². The van der Waals surface area contributed by atoms with Crippen LogP contribution in [0.4, 0.5) is 0 Å². The van der Waals surface area contributed by atoms with Gasteiger partial charge in [-0.25, -0.2) is 0 Å². The van der Waals surface area contributed by atoms with Crippen molar-refractivity contribution in [2.45, 2.75) is 46.3 Å². The highest BCUT2D eigenvalue weighted by Crippen LogP contribution is 2.36. The van der Waals surface area contributed by atoms with Crippen LogP contribution in [0, 0.1) is 0 Å². The molecule has 0 aliphatic heterocycles. The highest BCUT2D eigenvalue weighted by Gasteiger charge is 2.13. The minimum atomic E-state index is 0. The Labute approximate surface area is 189 Å². The van der Waals surface area contributed by atoms with Gasteiger partial charge < -0.3 is 20.1 Å². The van der Waals surface area contributed by atoms with Crippen molar-refractivity contribution in [2.24, 2.45) is 4.99 Å². The fourth-order valence-electron chi connectivity index (χ4n) is 2.90. The highest BCUT2D eigenvalue weighted by molar-refractivity contribution is 14.0. The van der Waals surface area contributed by atoms with Crippen LogP contribution in [0.25, 0.3) is 0 Å². The monoisotopic (exact) mass is 556 g/mol. The van der Waals surface area contributed by atoms with E-state index in [9.17, 15) is 0 Å². The Kier molecular flexibility index (Phi) is 13.1. The summed E-state index contributed by atoms with van der Waals surface area (Å²) in [4.78, 5) is 6.75. The number of benzene rings is 1. The lowest BCUT2D eigenvalue weighted by Crippen LogP contribution is -2.45. The smallest absolute Gasteiger partial charge is 0.191 e. The van der Waals surface area contributed by atoms with E-state index in [1.54, 1.807) is 21.3 Å². The zero-order valence-electron chi connectivity index (χ0n) is 17.4. The molecule has 0 aliphatic rings. The molecule has 0 aliphatic carbocycles. The van der Waals surface area contributed by atoms with E-state index in [0.29, 0.717) is 30.1 Å². The Hall–Kier alpha value is -0.740. The minimum absolute atomic E-state index is 0. The summed E-state index contributed by atoms with van der Waals surface area (Å²) in [6, 6.07) is 5.02. The van der Waals surface area contributed by atoms with Crippen LogP contribution >= 0.6 is 39.9 Å². The zero-order chi connectivity index (χ0) is 19.7. The second-order valence-corrected chi connectivity index (χ2v) is 7.45. The summed E-state index contributed by atoms with van der Waals surface area (Å²) in [6.07, 6.45) is 0. The number of methoxy groups -OCH3 is 2. The summed E-state index contributed by atoms with van der Waals surface area (Å²) in [7, 11) is 5.05. The van der Waals surface area contributed by atoms with Gasteiger partial charge in [-0.3, -0.25) is 9.89 Å². The first-order valence-corrected chi connectivity index (χ1v) is 9.73. The maximum absolute atomic E-state index is 5.39. The molecule has 0 heterocycles. The summed E-state index contributed by atoms with van der Waals surface area (Å²) in [5, 5.41) is 6.71. The third-order valence-corrected chi connectivity index (χ3v) is 4.75. The van der Waals surface area contributed by atoms with E-state index in [1.807, 2.05) is 12.1 Å². The van der Waals surface area contributed by atoms with Gasteiger partial charge in [0.05, 0.1) is 18.7 Å². The first-order chi connectivity index (χ1) is 12.3. The van der Waals surface area contributed by atoms with E-state index in [-0.39, 0.29) is 24.0 Å². The van der Waals surface area contributed by atoms with Crippen molar-refractivity contribution in [1.82, 2.24) is 15.5 Å². The maximum Gasteiger partial charge on any atom is 0.191 e. The molecule has 0 spiro atoms. The van der Waals surface area contributed by atoms with Crippen LogP contribution < -0.4 is 20.1 Å². The fourth-order valence-corrected chi connectivity index (χ4v) is 3.55. The lowest BCUT2D eigenvalue weighted by Gasteiger charge is -2.30.